The lowest BCUT2D eigenvalue weighted by molar-refractivity contribution is 0.453. The van der Waals surface area contributed by atoms with E-state index in [0.717, 1.165) is 6.04 Å². The first-order valence-corrected chi connectivity index (χ1v) is 9.34. The first-order chi connectivity index (χ1) is 10.9. The molecule has 1 atom stereocenters. The second-order valence-corrected chi connectivity index (χ2v) is 7.64. The molecule has 2 heteroatoms. The third-order valence-electron chi connectivity index (χ3n) is 4.83. The van der Waals surface area contributed by atoms with Gasteiger partial charge in [-0.25, -0.2) is 0 Å². The van der Waals surface area contributed by atoms with Gasteiger partial charge in [-0.2, -0.15) is 0 Å². The highest BCUT2D eigenvalue weighted by molar-refractivity contribution is 7.99. The van der Waals surface area contributed by atoms with Crippen LogP contribution in [0.4, 0.5) is 0 Å². The molecule has 1 nitrogen and oxygen atoms in total. The lowest BCUT2D eigenvalue weighted by Gasteiger charge is -2.15. The summed E-state index contributed by atoms with van der Waals surface area (Å²) in [6, 6.07) is 18.9. The van der Waals surface area contributed by atoms with Crippen LogP contribution in [0.2, 0.25) is 0 Å². The van der Waals surface area contributed by atoms with Crippen LogP contribution in [0, 0.1) is 0 Å². The molecule has 2 aliphatic carbocycles. The minimum Gasteiger partial charge on any atom is -0.303 e. The zero-order chi connectivity index (χ0) is 14.8. The van der Waals surface area contributed by atoms with Crippen molar-refractivity contribution in [2.24, 2.45) is 0 Å². The van der Waals surface area contributed by atoms with Crippen LogP contribution in [-0.2, 0) is 0 Å². The SMILES string of the molecule is c1ccc(Sc2ccc3c(c2)C3NC2CCCCCC2)cc1. The van der Waals surface area contributed by atoms with Gasteiger partial charge < -0.3 is 5.32 Å². The minimum atomic E-state index is 0.535. The summed E-state index contributed by atoms with van der Waals surface area (Å²) in [7, 11) is 0. The van der Waals surface area contributed by atoms with Crippen LogP contribution in [0.1, 0.15) is 55.7 Å². The smallest absolute Gasteiger partial charge is 0.0586 e. The number of rotatable bonds is 4. The van der Waals surface area contributed by atoms with Gasteiger partial charge in [0, 0.05) is 15.8 Å². The quantitative estimate of drug-likeness (QED) is 0.743. The monoisotopic (exact) mass is 309 g/mol. The number of fused-ring (bicyclic) bond motifs is 1. The van der Waals surface area contributed by atoms with Crippen molar-refractivity contribution in [2.45, 2.75) is 60.4 Å². The Balaban J connectivity index is 1.39. The Labute approximate surface area is 137 Å². The first-order valence-electron chi connectivity index (χ1n) is 8.53. The van der Waals surface area contributed by atoms with E-state index in [2.05, 4.69) is 53.8 Å². The molecule has 2 aromatic rings. The second-order valence-electron chi connectivity index (χ2n) is 6.49. The first kappa shape index (κ1) is 14.3. The molecule has 1 N–H and O–H groups in total. The maximum Gasteiger partial charge on any atom is 0.0586 e. The Bertz CT molecular complexity index is 629. The number of hydrogen-bond donors (Lipinski definition) is 1. The van der Waals surface area contributed by atoms with Gasteiger partial charge in [0.15, 0.2) is 0 Å². The fourth-order valence-corrected chi connectivity index (χ4v) is 4.43. The standard InChI is InChI=1S/C20H23NS/c1-2-5-9-15(8-4-1)21-20-18-13-12-17(14-19(18)20)22-16-10-6-3-7-11-16/h3,6-7,10-15,20-21H,1-2,4-5,8-9H2. The molecule has 2 aliphatic rings. The molecule has 114 valence electrons. The molecule has 0 amide bonds. The fourth-order valence-electron chi connectivity index (χ4n) is 3.54. The Kier molecular flexibility index (Phi) is 4.22. The van der Waals surface area contributed by atoms with Crippen LogP contribution in [0.3, 0.4) is 0 Å². The van der Waals surface area contributed by atoms with E-state index in [9.17, 15) is 0 Å². The van der Waals surface area contributed by atoms with E-state index >= 15 is 0 Å². The molecule has 1 unspecified atom stereocenters. The summed E-state index contributed by atoms with van der Waals surface area (Å²) in [6.45, 7) is 0. The molecule has 0 aliphatic heterocycles. The predicted octanol–water partition coefficient (Wildman–Crippen LogP) is 5.55. The van der Waals surface area contributed by atoms with E-state index in [1.54, 1.807) is 0 Å². The van der Waals surface area contributed by atoms with Crippen molar-refractivity contribution in [3.05, 3.63) is 59.7 Å². The average molecular weight is 309 g/mol. The van der Waals surface area contributed by atoms with E-state index < -0.39 is 0 Å². The maximum absolute atomic E-state index is 3.88. The molecule has 4 rings (SSSR count). The number of hydrogen-bond acceptors (Lipinski definition) is 2. The summed E-state index contributed by atoms with van der Waals surface area (Å²) in [5.41, 5.74) is 3.03. The second kappa shape index (κ2) is 6.47. The minimum absolute atomic E-state index is 0.535. The number of nitrogens with one attached hydrogen (secondary N) is 1. The van der Waals surface area contributed by atoms with Crippen LogP contribution >= 0.6 is 11.8 Å². The Morgan fingerprint density at radius 2 is 1.55 bits per heavy atom. The average Bonchev–Trinajstić information content (AvgIpc) is 3.29. The maximum atomic E-state index is 3.88. The lowest BCUT2D eigenvalue weighted by Crippen LogP contribution is -2.27. The molecule has 0 bridgehead atoms. The highest BCUT2D eigenvalue weighted by Gasteiger charge is 2.34. The van der Waals surface area contributed by atoms with Crippen LogP contribution in [-0.4, -0.2) is 6.04 Å². The van der Waals surface area contributed by atoms with Crippen LogP contribution in [0.25, 0.3) is 0 Å². The van der Waals surface area contributed by atoms with Crippen LogP contribution in [0.5, 0.6) is 0 Å². The molecule has 2 aromatic carbocycles. The lowest BCUT2D eigenvalue weighted by atomic mass is 10.1. The van der Waals surface area contributed by atoms with Crippen molar-refractivity contribution in [1.29, 1.82) is 0 Å². The molecule has 0 aromatic heterocycles. The highest BCUT2D eigenvalue weighted by Crippen LogP contribution is 2.44. The Morgan fingerprint density at radius 3 is 2.32 bits per heavy atom. The topological polar surface area (TPSA) is 12.0 Å². The molecular weight excluding hydrogens is 286 g/mol. The van der Waals surface area contributed by atoms with Gasteiger partial charge in [0.25, 0.3) is 0 Å². The highest BCUT2D eigenvalue weighted by atomic mass is 32.2. The predicted molar refractivity (Wildman–Crippen MR) is 93.5 cm³/mol. The van der Waals surface area contributed by atoms with E-state index in [4.69, 9.17) is 0 Å². The van der Waals surface area contributed by atoms with Gasteiger partial charge in [0.2, 0.25) is 0 Å². The molecule has 0 heterocycles. The fraction of sp³-hybridized carbons (Fsp3) is 0.400. The van der Waals surface area contributed by atoms with Gasteiger partial charge in [0.05, 0.1) is 6.04 Å². The summed E-state index contributed by atoms with van der Waals surface area (Å²) in [6.07, 6.45) is 8.36. The van der Waals surface area contributed by atoms with E-state index in [1.165, 1.54) is 59.4 Å². The van der Waals surface area contributed by atoms with Crippen molar-refractivity contribution in [3.8, 4) is 0 Å². The molecule has 1 fully saturated rings. The molecule has 0 spiro atoms. The van der Waals surface area contributed by atoms with Gasteiger partial charge in [-0.15, -0.1) is 0 Å². The normalized spacial score (nSPS) is 21.2. The van der Waals surface area contributed by atoms with E-state index in [-0.39, 0.29) is 0 Å². The molecule has 0 saturated heterocycles. The molecule has 1 saturated carbocycles. The molecular formula is C20H23NS. The van der Waals surface area contributed by atoms with Gasteiger partial charge >= 0.3 is 0 Å². The number of benzene rings is 2. The summed E-state index contributed by atoms with van der Waals surface area (Å²) >= 11 is 1.86. The third-order valence-corrected chi connectivity index (χ3v) is 5.83. The summed E-state index contributed by atoms with van der Waals surface area (Å²) in [5, 5.41) is 3.88. The van der Waals surface area contributed by atoms with Crippen molar-refractivity contribution < 1.29 is 0 Å². The summed E-state index contributed by atoms with van der Waals surface area (Å²) in [5.74, 6) is 0. The summed E-state index contributed by atoms with van der Waals surface area (Å²) in [4.78, 5) is 2.67. The molecule has 22 heavy (non-hydrogen) atoms. The zero-order valence-corrected chi connectivity index (χ0v) is 13.7. The summed E-state index contributed by atoms with van der Waals surface area (Å²) < 4.78 is 0. The van der Waals surface area contributed by atoms with E-state index in [0.29, 0.717) is 6.04 Å². The third kappa shape index (κ3) is 3.23. The van der Waals surface area contributed by atoms with Gasteiger partial charge in [-0.1, -0.05) is 61.7 Å². The Hall–Kier alpha value is -1.25. The van der Waals surface area contributed by atoms with Crippen LogP contribution in [0.15, 0.2) is 58.3 Å². The van der Waals surface area contributed by atoms with Crippen LogP contribution < -0.4 is 5.32 Å². The van der Waals surface area contributed by atoms with Gasteiger partial charge in [-0.3, -0.25) is 0 Å². The Morgan fingerprint density at radius 1 is 0.773 bits per heavy atom. The van der Waals surface area contributed by atoms with E-state index in [1.807, 2.05) is 11.8 Å². The van der Waals surface area contributed by atoms with Gasteiger partial charge in [0.1, 0.15) is 0 Å². The van der Waals surface area contributed by atoms with Crippen molar-refractivity contribution in [3.63, 3.8) is 0 Å². The van der Waals surface area contributed by atoms with Crippen molar-refractivity contribution >= 4 is 11.8 Å². The largest absolute Gasteiger partial charge is 0.303 e. The van der Waals surface area contributed by atoms with Gasteiger partial charge in [-0.05, 0) is 48.2 Å². The zero-order valence-electron chi connectivity index (χ0n) is 12.9. The molecule has 0 radical (unpaired) electrons. The van der Waals surface area contributed by atoms with Crippen molar-refractivity contribution in [1.82, 2.24) is 5.32 Å². The van der Waals surface area contributed by atoms with Crippen molar-refractivity contribution in [2.75, 3.05) is 0 Å².